The molecule has 0 amide bonds. The lowest BCUT2D eigenvalue weighted by Crippen LogP contribution is -2.21. The number of nitrogens with one attached hydrogen (secondary N) is 1. The summed E-state index contributed by atoms with van der Waals surface area (Å²) in [6.45, 7) is 0. The van der Waals surface area contributed by atoms with Crippen LogP contribution in [0.3, 0.4) is 0 Å². The average Bonchev–Trinajstić information content (AvgIpc) is 2.86. The molecule has 1 heteroatoms. The average molecular weight is 255 g/mol. The molecule has 94 valence electrons. The standard InChI is InChI=1S/C19H13N/c20-18-11-10-16-15-9-5-4-8-14(15)12-17(16)19(18)13-6-2-1-3-7-13/h1-12,20H. The lowest BCUT2D eigenvalue weighted by Gasteiger charge is -2.16. The Kier molecular flexibility index (Phi) is 2.33. The van der Waals surface area contributed by atoms with E-state index in [1.54, 1.807) is 0 Å². The Morgan fingerprint density at radius 1 is 0.700 bits per heavy atom. The second kappa shape index (κ2) is 4.17. The Hall–Kier alpha value is -2.67. The van der Waals surface area contributed by atoms with E-state index < -0.39 is 0 Å². The molecule has 1 nitrogen and oxygen atoms in total. The number of benzene rings is 2. The maximum Gasteiger partial charge on any atom is 0.0624 e. The first-order chi connectivity index (χ1) is 9.84. The molecule has 2 aromatic carbocycles. The molecular formula is C19H13N. The van der Waals surface area contributed by atoms with Crippen LogP contribution in [0, 0.1) is 5.41 Å². The highest BCUT2D eigenvalue weighted by molar-refractivity contribution is 6.34. The van der Waals surface area contributed by atoms with Gasteiger partial charge in [0.15, 0.2) is 0 Å². The van der Waals surface area contributed by atoms with Crippen LogP contribution in [0.5, 0.6) is 0 Å². The third-order valence-corrected chi connectivity index (χ3v) is 3.86. The topological polar surface area (TPSA) is 23.9 Å². The largest absolute Gasteiger partial charge is 0.300 e. The fourth-order valence-corrected chi connectivity index (χ4v) is 2.94. The Bertz CT molecular complexity index is 896. The molecule has 0 unspecified atom stereocenters. The third kappa shape index (κ3) is 1.53. The summed E-state index contributed by atoms with van der Waals surface area (Å²) < 4.78 is 0. The number of hydrogen-bond acceptors (Lipinski definition) is 1. The van der Waals surface area contributed by atoms with Gasteiger partial charge in [0.25, 0.3) is 0 Å². The predicted molar refractivity (Wildman–Crippen MR) is 83.8 cm³/mol. The lowest BCUT2D eigenvalue weighted by atomic mass is 9.88. The second-order valence-corrected chi connectivity index (χ2v) is 5.05. The van der Waals surface area contributed by atoms with E-state index in [9.17, 15) is 0 Å². The highest BCUT2D eigenvalue weighted by Gasteiger charge is 2.20. The molecular weight excluding hydrogens is 242 g/mol. The summed E-state index contributed by atoms with van der Waals surface area (Å²) in [7, 11) is 0. The zero-order valence-electron chi connectivity index (χ0n) is 10.9. The molecule has 0 aromatic heterocycles. The van der Waals surface area contributed by atoms with E-state index in [-0.39, 0.29) is 0 Å². The van der Waals surface area contributed by atoms with Crippen molar-refractivity contribution in [3.8, 4) is 0 Å². The summed E-state index contributed by atoms with van der Waals surface area (Å²) in [5.41, 5.74) is 5.12. The summed E-state index contributed by atoms with van der Waals surface area (Å²) in [6, 6.07) is 18.6. The minimum absolute atomic E-state index is 0.582. The molecule has 0 saturated carbocycles. The van der Waals surface area contributed by atoms with Crippen LogP contribution in [0.1, 0.15) is 5.56 Å². The van der Waals surface area contributed by atoms with Crippen LogP contribution >= 0.6 is 0 Å². The fourth-order valence-electron chi connectivity index (χ4n) is 2.94. The van der Waals surface area contributed by atoms with Crippen molar-refractivity contribution in [3.05, 3.63) is 88.3 Å². The highest BCUT2D eigenvalue weighted by Crippen LogP contribution is 2.32. The highest BCUT2D eigenvalue weighted by atomic mass is 14.4. The number of allylic oxidation sites excluding steroid dienone is 4. The van der Waals surface area contributed by atoms with Gasteiger partial charge in [-0.05, 0) is 39.3 Å². The zero-order valence-corrected chi connectivity index (χ0v) is 10.9. The van der Waals surface area contributed by atoms with Gasteiger partial charge in [-0.2, -0.15) is 0 Å². The smallest absolute Gasteiger partial charge is 0.0624 e. The van der Waals surface area contributed by atoms with E-state index in [1.165, 1.54) is 21.6 Å². The predicted octanol–water partition coefficient (Wildman–Crippen LogP) is 2.67. The summed E-state index contributed by atoms with van der Waals surface area (Å²) in [6.07, 6.45) is 6.16. The SMILES string of the molecule is N=C1C=CC2=c3ccccc3=CC2=C1c1ccccc1. The van der Waals surface area contributed by atoms with Gasteiger partial charge < -0.3 is 5.41 Å². The minimum atomic E-state index is 0.582. The van der Waals surface area contributed by atoms with Gasteiger partial charge in [-0.25, -0.2) is 0 Å². The van der Waals surface area contributed by atoms with Crippen molar-refractivity contribution in [3.63, 3.8) is 0 Å². The van der Waals surface area contributed by atoms with Gasteiger partial charge in [-0.1, -0.05) is 60.7 Å². The van der Waals surface area contributed by atoms with Gasteiger partial charge in [0.1, 0.15) is 0 Å². The number of rotatable bonds is 1. The van der Waals surface area contributed by atoms with Gasteiger partial charge in [0.2, 0.25) is 0 Å². The Labute approximate surface area is 117 Å². The van der Waals surface area contributed by atoms with E-state index in [0.717, 1.165) is 11.1 Å². The maximum absolute atomic E-state index is 8.26. The van der Waals surface area contributed by atoms with Crippen LogP contribution in [0.25, 0.3) is 17.2 Å². The van der Waals surface area contributed by atoms with E-state index in [4.69, 9.17) is 5.41 Å². The summed E-state index contributed by atoms with van der Waals surface area (Å²) in [4.78, 5) is 0. The van der Waals surface area contributed by atoms with Crippen LogP contribution in [0.15, 0.2) is 72.3 Å². The molecule has 2 aromatic rings. The van der Waals surface area contributed by atoms with Crippen molar-refractivity contribution in [1.29, 1.82) is 5.41 Å². The zero-order chi connectivity index (χ0) is 13.5. The normalized spacial score (nSPS) is 16.0. The Morgan fingerprint density at radius 2 is 1.45 bits per heavy atom. The first kappa shape index (κ1) is 11.2. The molecule has 0 bridgehead atoms. The first-order valence-electron chi connectivity index (χ1n) is 6.73. The molecule has 0 spiro atoms. The monoisotopic (exact) mass is 255 g/mol. The van der Waals surface area contributed by atoms with Crippen molar-refractivity contribution in [1.82, 2.24) is 0 Å². The number of fused-ring (bicyclic) bond motifs is 2. The molecule has 20 heavy (non-hydrogen) atoms. The summed E-state index contributed by atoms with van der Waals surface area (Å²) in [5.74, 6) is 0. The summed E-state index contributed by atoms with van der Waals surface area (Å²) >= 11 is 0. The van der Waals surface area contributed by atoms with Gasteiger partial charge in [0.05, 0.1) is 5.71 Å². The molecule has 2 aliphatic carbocycles. The van der Waals surface area contributed by atoms with Gasteiger partial charge >= 0.3 is 0 Å². The van der Waals surface area contributed by atoms with Crippen LogP contribution in [-0.2, 0) is 0 Å². The Morgan fingerprint density at radius 3 is 2.30 bits per heavy atom. The molecule has 4 rings (SSSR count). The summed E-state index contributed by atoms with van der Waals surface area (Å²) in [5, 5.41) is 10.8. The first-order valence-corrected chi connectivity index (χ1v) is 6.73. The van der Waals surface area contributed by atoms with Crippen molar-refractivity contribution in [2.24, 2.45) is 0 Å². The molecule has 0 fully saturated rings. The van der Waals surface area contributed by atoms with Crippen LogP contribution < -0.4 is 10.4 Å². The van der Waals surface area contributed by atoms with Crippen molar-refractivity contribution in [2.75, 3.05) is 0 Å². The third-order valence-electron chi connectivity index (χ3n) is 3.86. The minimum Gasteiger partial charge on any atom is -0.300 e. The van der Waals surface area contributed by atoms with Crippen molar-refractivity contribution < 1.29 is 0 Å². The molecule has 0 heterocycles. The van der Waals surface area contributed by atoms with Gasteiger partial charge in [-0.15, -0.1) is 0 Å². The maximum atomic E-state index is 8.26. The van der Waals surface area contributed by atoms with E-state index >= 15 is 0 Å². The fraction of sp³-hybridized carbons (Fsp3) is 0. The Balaban J connectivity index is 2.09. The molecule has 2 aliphatic rings. The van der Waals surface area contributed by atoms with Crippen molar-refractivity contribution >= 4 is 22.9 Å². The van der Waals surface area contributed by atoms with Crippen LogP contribution in [0.4, 0.5) is 0 Å². The van der Waals surface area contributed by atoms with Crippen molar-refractivity contribution in [2.45, 2.75) is 0 Å². The molecule has 0 saturated heterocycles. The van der Waals surface area contributed by atoms with E-state index in [1.807, 2.05) is 24.3 Å². The van der Waals surface area contributed by atoms with Crippen LogP contribution in [-0.4, -0.2) is 5.71 Å². The lowest BCUT2D eigenvalue weighted by molar-refractivity contribution is 1.50. The molecule has 0 aliphatic heterocycles. The van der Waals surface area contributed by atoms with Gasteiger partial charge in [0, 0.05) is 5.57 Å². The van der Waals surface area contributed by atoms with Gasteiger partial charge in [-0.3, -0.25) is 0 Å². The molecule has 0 radical (unpaired) electrons. The van der Waals surface area contributed by atoms with E-state index in [0.29, 0.717) is 5.71 Å². The molecule has 1 N–H and O–H groups in total. The number of hydrogen-bond donors (Lipinski definition) is 1. The second-order valence-electron chi connectivity index (χ2n) is 5.05. The van der Waals surface area contributed by atoms with Crippen LogP contribution in [0.2, 0.25) is 0 Å². The molecule has 0 atom stereocenters. The quantitative estimate of drug-likeness (QED) is 0.810. The van der Waals surface area contributed by atoms with E-state index in [2.05, 4.69) is 48.6 Å².